The first-order valence-corrected chi connectivity index (χ1v) is 11.0. The zero-order valence-corrected chi connectivity index (χ0v) is 19.0. The summed E-state index contributed by atoms with van der Waals surface area (Å²) in [6.07, 6.45) is 4.99. The van der Waals surface area contributed by atoms with Crippen LogP contribution in [0.15, 0.2) is 48.9 Å². The third-order valence-corrected chi connectivity index (χ3v) is 6.53. The van der Waals surface area contributed by atoms with Gasteiger partial charge in [-0.15, -0.1) is 0 Å². The molecule has 2 aromatic heterocycles. The number of nitrogens with two attached hydrogens (primary N) is 2. The Morgan fingerprint density at radius 3 is 2.72 bits per heavy atom. The lowest BCUT2D eigenvalue weighted by atomic mass is 9.81. The van der Waals surface area contributed by atoms with Gasteiger partial charge in [-0.25, -0.2) is 13.8 Å². The molecule has 1 aliphatic carbocycles. The number of anilines is 2. The van der Waals surface area contributed by atoms with Gasteiger partial charge in [0.1, 0.15) is 11.3 Å². The molecule has 0 aliphatic heterocycles. The molecule has 0 bridgehead atoms. The van der Waals surface area contributed by atoms with Gasteiger partial charge in [-0.3, -0.25) is 9.67 Å². The molecule has 5 rings (SSSR count). The lowest BCUT2D eigenvalue weighted by Gasteiger charge is -2.34. The van der Waals surface area contributed by atoms with Crippen molar-refractivity contribution >= 4 is 45.0 Å². The molecule has 7 nitrogen and oxygen atoms in total. The second kappa shape index (κ2) is 7.84. The van der Waals surface area contributed by atoms with E-state index in [0.29, 0.717) is 40.6 Å². The number of para-hydroxylation sites is 1. The average Bonchev–Trinajstić information content (AvgIpc) is 3.20. The number of hydrogen-bond acceptors (Lipinski definition) is 6. The Morgan fingerprint density at radius 2 is 1.94 bits per heavy atom. The predicted molar refractivity (Wildman–Crippen MR) is 126 cm³/mol. The maximum Gasteiger partial charge on any atom is 0.248 e. The highest BCUT2D eigenvalue weighted by Gasteiger charge is 2.45. The summed E-state index contributed by atoms with van der Waals surface area (Å²) in [5, 5.41) is 4.31. The standard InChI is InChI=1S/C22H19F2IN6O/c23-22(24)6-12(7-22)10-31-11-13(8-29-31)16-9-28-15-4-5-17(19(25)21(15)30-16)32-18-3-1-2-14(26)20(18)27/h1-5,8-9,11-12H,6-7,10,26-27H2. The van der Waals surface area contributed by atoms with Crippen LogP contribution in [0.5, 0.6) is 11.5 Å². The third-order valence-electron chi connectivity index (χ3n) is 5.49. The van der Waals surface area contributed by atoms with Gasteiger partial charge in [-0.1, -0.05) is 6.07 Å². The molecule has 1 saturated carbocycles. The fourth-order valence-corrected chi connectivity index (χ4v) is 4.47. The van der Waals surface area contributed by atoms with Crippen molar-refractivity contribution in [2.24, 2.45) is 5.92 Å². The van der Waals surface area contributed by atoms with Crippen molar-refractivity contribution in [3.05, 3.63) is 52.5 Å². The van der Waals surface area contributed by atoms with E-state index < -0.39 is 5.92 Å². The maximum atomic E-state index is 13.1. The Hall–Kier alpha value is -3.02. The topological polar surface area (TPSA) is 105 Å². The number of ether oxygens (including phenoxy) is 1. The first kappa shape index (κ1) is 20.9. The minimum atomic E-state index is -2.53. The maximum absolute atomic E-state index is 13.1. The summed E-state index contributed by atoms with van der Waals surface area (Å²) < 4.78 is 34.6. The lowest BCUT2D eigenvalue weighted by molar-refractivity contribution is -0.114. The second-order valence-corrected chi connectivity index (χ2v) is 9.02. The van der Waals surface area contributed by atoms with Gasteiger partial charge in [-0.2, -0.15) is 5.10 Å². The molecule has 1 aliphatic rings. The Morgan fingerprint density at radius 1 is 1.12 bits per heavy atom. The predicted octanol–water partition coefficient (Wildman–Crippen LogP) is 5.10. The highest BCUT2D eigenvalue weighted by Crippen LogP contribution is 2.43. The molecule has 32 heavy (non-hydrogen) atoms. The number of hydrogen-bond donors (Lipinski definition) is 2. The summed E-state index contributed by atoms with van der Waals surface area (Å²) in [4.78, 5) is 9.27. The molecule has 1 fully saturated rings. The molecule has 0 atom stereocenters. The van der Waals surface area contributed by atoms with Crippen LogP contribution >= 0.6 is 22.6 Å². The van der Waals surface area contributed by atoms with E-state index in [4.69, 9.17) is 21.2 Å². The van der Waals surface area contributed by atoms with Crippen LogP contribution in [-0.4, -0.2) is 25.7 Å². The van der Waals surface area contributed by atoms with Crippen molar-refractivity contribution in [3.63, 3.8) is 0 Å². The molecule has 4 N–H and O–H groups in total. The summed E-state index contributed by atoms with van der Waals surface area (Å²) in [5.41, 5.74) is 15.5. The lowest BCUT2D eigenvalue weighted by Crippen LogP contribution is -2.37. The molecule has 164 valence electrons. The van der Waals surface area contributed by atoms with Crippen LogP contribution in [0, 0.1) is 9.49 Å². The van der Waals surface area contributed by atoms with E-state index >= 15 is 0 Å². The van der Waals surface area contributed by atoms with Crippen molar-refractivity contribution in [2.45, 2.75) is 25.3 Å². The quantitative estimate of drug-likeness (QED) is 0.266. The zero-order valence-electron chi connectivity index (χ0n) is 16.8. The molecular weight excluding hydrogens is 529 g/mol. The van der Waals surface area contributed by atoms with Crippen molar-refractivity contribution in [1.29, 1.82) is 0 Å². The molecule has 0 amide bonds. The number of alkyl halides is 2. The van der Waals surface area contributed by atoms with Crippen molar-refractivity contribution in [1.82, 2.24) is 19.7 Å². The van der Waals surface area contributed by atoms with E-state index in [1.807, 2.05) is 18.3 Å². The van der Waals surface area contributed by atoms with E-state index in [0.717, 1.165) is 14.7 Å². The minimum Gasteiger partial charge on any atom is -0.454 e. The molecule has 0 saturated heterocycles. The van der Waals surface area contributed by atoms with Gasteiger partial charge in [0.05, 0.1) is 38.5 Å². The Bertz CT molecular complexity index is 1320. The first-order chi connectivity index (χ1) is 15.3. The van der Waals surface area contributed by atoms with Gasteiger partial charge >= 0.3 is 0 Å². The van der Waals surface area contributed by atoms with Crippen LogP contribution in [0.4, 0.5) is 20.2 Å². The van der Waals surface area contributed by atoms with Crippen molar-refractivity contribution in [3.8, 4) is 22.8 Å². The van der Waals surface area contributed by atoms with Crippen LogP contribution in [0.1, 0.15) is 12.8 Å². The molecule has 2 heterocycles. The monoisotopic (exact) mass is 548 g/mol. The normalized spacial score (nSPS) is 15.6. The van der Waals surface area contributed by atoms with Crippen molar-refractivity contribution in [2.75, 3.05) is 11.5 Å². The van der Waals surface area contributed by atoms with Gasteiger partial charge in [-0.05, 0) is 52.8 Å². The fraction of sp³-hybridized carbons (Fsp3) is 0.227. The molecule has 4 aromatic rings. The SMILES string of the molecule is Nc1cccc(Oc2ccc3ncc(-c4cnn(CC5CC(F)(F)C5)c4)nc3c2I)c1N. The zero-order chi connectivity index (χ0) is 22.5. The average molecular weight is 548 g/mol. The van der Waals surface area contributed by atoms with E-state index in [2.05, 4.69) is 32.7 Å². The van der Waals surface area contributed by atoms with E-state index in [-0.39, 0.29) is 18.8 Å². The molecule has 2 aromatic carbocycles. The molecule has 0 spiro atoms. The van der Waals surface area contributed by atoms with Crippen LogP contribution in [0.3, 0.4) is 0 Å². The van der Waals surface area contributed by atoms with Gasteiger partial charge in [0.2, 0.25) is 5.92 Å². The molecule has 0 radical (unpaired) electrons. The minimum absolute atomic E-state index is 0.0550. The number of nitrogen functional groups attached to an aromatic ring is 2. The van der Waals surface area contributed by atoms with Gasteiger partial charge in [0.25, 0.3) is 0 Å². The number of nitrogens with zero attached hydrogens (tertiary/aromatic N) is 4. The highest BCUT2D eigenvalue weighted by atomic mass is 127. The number of aromatic nitrogens is 4. The number of fused-ring (bicyclic) bond motifs is 1. The largest absolute Gasteiger partial charge is 0.454 e. The van der Waals surface area contributed by atoms with E-state index in [9.17, 15) is 8.78 Å². The Kier molecular flexibility index (Phi) is 5.11. The Balaban J connectivity index is 1.42. The van der Waals surface area contributed by atoms with E-state index in [1.54, 1.807) is 35.3 Å². The molecule has 0 unspecified atom stereocenters. The highest BCUT2D eigenvalue weighted by molar-refractivity contribution is 14.1. The smallest absolute Gasteiger partial charge is 0.248 e. The van der Waals surface area contributed by atoms with Gasteiger partial charge in [0, 0.05) is 31.1 Å². The first-order valence-electron chi connectivity index (χ1n) is 9.97. The summed E-state index contributed by atoms with van der Waals surface area (Å²) >= 11 is 2.17. The van der Waals surface area contributed by atoms with Gasteiger partial charge < -0.3 is 16.2 Å². The van der Waals surface area contributed by atoms with Crippen LogP contribution in [0.25, 0.3) is 22.3 Å². The van der Waals surface area contributed by atoms with Crippen LogP contribution in [0.2, 0.25) is 0 Å². The summed E-state index contributed by atoms with van der Waals surface area (Å²) in [6.45, 7) is 0.466. The number of halogens is 3. The summed E-state index contributed by atoms with van der Waals surface area (Å²) in [7, 11) is 0. The van der Waals surface area contributed by atoms with E-state index in [1.165, 1.54) is 0 Å². The number of benzene rings is 2. The van der Waals surface area contributed by atoms with Crippen LogP contribution < -0.4 is 16.2 Å². The van der Waals surface area contributed by atoms with Crippen LogP contribution in [-0.2, 0) is 6.54 Å². The fourth-order valence-electron chi connectivity index (χ4n) is 3.79. The summed E-state index contributed by atoms with van der Waals surface area (Å²) in [6, 6.07) is 8.87. The Labute approximate surface area is 195 Å². The van der Waals surface area contributed by atoms with Gasteiger partial charge in [0.15, 0.2) is 5.75 Å². The summed E-state index contributed by atoms with van der Waals surface area (Å²) in [5.74, 6) is -1.53. The molecule has 10 heteroatoms. The third kappa shape index (κ3) is 3.94. The molecular formula is C22H19F2IN6O. The second-order valence-electron chi connectivity index (χ2n) is 7.94. The van der Waals surface area contributed by atoms with Crippen molar-refractivity contribution < 1.29 is 13.5 Å². The number of rotatable bonds is 5.